The molecule has 2 aromatic rings. The van der Waals surface area contributed by atoms with Crippen molar-refractivity contribution in [3.8, 4) is 11.3 Å². The molecule has 0 saturated carbocycles. The number of primary amides is 1. The van der Waals surface area contributed by atoms with Gasteiger partial charge < -0.3 is 10.6 Å². The number of benzene rings is 1. The van der Waals surface area contributed by atoms with Crippen LogP contribution in [0.1, 0.15) is 12.8 Å². The molecular formula is C15H16N4O2S. The summed E-state index contributed by atoms with van der Waals surface area (Å²) >= 11 is 1.56. The number of anilines is 1. The first-order valence-electron chi connectivity index (χ1n) is 7.11. The molecule has 6 nitrogen and oxygen atoms in total. The van der Waals surface area contributed by atoms with Crippen molar-refractivity contribution >= 4 is 28.1 Å². The van der Waals surface area contributed by atoms with E-state index in [1.807, 2.05) is 11.4 Å². The topological polar surface area (TPSA) is 88.7 Å². The smallest absolute Gasteiger partial charge is 0.220 e. The van der Waals surface area contributed by atoms with Crippen LogP contribution in [-0.2, 0) is 4.79 Å². The van der Waals surface area contributed by atoms with Gasteiger partial charge >= 0.3 is 0 Å². The molecule has 1 aliphatic heterocycles. The molecule has 7 heteroatoms. The van der Waals surface area contributed by atoms with E-state index in [2.05, 4.69) is 15.1 Å². The Morgan fingerprint density at radius 3 is 2.82 bits per heavy atom. The molecule has 1 fully saturated rings. The highest BCUT2D eigenvalue weighted by atomic mass is 32.1. The molecule has 0 aliphatic carbocycles. The number of amides is 1. The Morgan fingerprint density at radius 1 is 1.36 bits per heavy atom. The van der Waals surface area contributed by atoms with E-state index in [1.165, 1.54) is 0 Å². The van der Waals surface area contributed by atoms with Crippen LogP contribution in [0.25, 0.3) is 11.3 Å². The Bertz CT molecular complexity index is 692. The third kappa shape index (κ3) is 2.99. The first-order chi connectivity index (χ1) is 10.7. The fourth-order valence-corrected chi connectivity index (χ4v) is 3.51. The van der Waals surface area contributed by atoms with Crippen molar-refractivity contribution in [2.75, 3.05) is 18.0 Å². The monoisotopic (exact) mass is 316 g/mol. The van der Waals surface area contributed by atoms with Crippen molar-refractivity contribution in [3.05, 3.63) is 34.6 Å². The lowest BCUT2D eigenvalue weighted by molar-refractivity contribution is -0.122. The second-order valence-corrected chi connectivity index (χ2v) is 6.16. The predicted molar refractivity (Wildman–Crippen MR) is 87.1 cm³/mol. The third-order valence-electron chi connectivity index (χ3n) is 3.91. The second kappa shape index (κ2) is 6.23. The highest BCUT2D eigenvalue weighted by Crippen LogP contribution is 2.31. The van der Waals surface area contributed by atoms with E-state index in [9.17, 15) is 9.70 Å². The number of rotatable bonds is 4. The summed E-state index contributed by atoms with van der Waals surface area (Å²) in [6, 6.07) is 7.10. The molecule has 22 heavy (non-hydrogen) atoms. The Balaban J connectivity index is 1.74. The summed E-state index contributed by atoms with van der Waals surface area (Å²) in [6.07, 6.45) is 1.55. The van der Waals surface area contributed by atoms with Gasteiger partial charge in [0.1, 0.15) is 5.69 Å². The van der Waals surface area contributed by atoms with Crippen molar-refractivity contribution in [2.24, 2.45) is 16.8 Å². The molecule has 2 N–H and O–H groups in total. The van der Waals surface area contributed by atoms with Gasteiger partial charge in [-0.25, -0.2) is 4.98 Å². The molecule has 1 amide bonds. The van der Waals surface area contributed by atoms with E-state index >= 15 is 0 Å². The number of nitrogens with zero attached hydrogens (tertiary/aromatic N) is 3. The van der Waals surface area contributed by atoms with Crippen LogP contribution in [0.2, 0.25) is 0 Å². The van der Waals surface area contributed by atoms with Crippen LogP contribution in [0.5, 0.6) is 0 Å². The van der Waals surface area contributed by atoms with Gasteiger partial charge in [-0.2, -0.15) is 0 Å². The predicted octanol–water partition coefficient (Wildman–Crippen LogP) is 2.91. The maximum Gasteiger partial charge on any atom is 0.220 e. The van der Waals surface area contributed by atoms with Gasteiger partial charge in [0.15, 0.2) is 5.13 Å². The molecule has 0 spiro atoms. The van der Waals surface area contributed by atoms with Crippen LogP contribution in [0.15, 0.2) is 34.8 Å². The first-order valence-corrected chi connectivity index (χ1v) is 7.99. The molecule has 3 rings (SSSR count). The van der Waals surface area contributed by atoms with E-state index in [0.29, 0.717) is 5.69 Å². The van der Waals surface area contributed by atoms with Crippen molar-refractivity contribution < 1.29 is 4.79 Å². The van der Waals surface area contributed by atoms with Crippen molar-refractivity contribution in [2.45, 2.75) is 12.8 Å². The molecule has 0 atom stereocenters. The SMILES string of the molecule is NC(=O)C1CCN(c2nc(-c3cccc(N=O)c3)cs2)CC1. The molecule has 114 valence electrons. The first kappa shape index (κ1) is 14.6. The minimum absolute atomic E-state index is 0.0222. The van der Waals surface area contributed by atoms with Crippen LogP contribution >= 0.6 is 11.3 Å². The zero-order valence-corrected chi connectivity index (χ0v) is 12.8. The Labute approximate surface area is 131 Å². The summed E-state index contributed by atoms with van der Waals surface area (Å²) in [4.78, 5) is 28.6. The van der Waals surface area contributed by atoms with E-state index in [-0.39, 0.29) is 11.8 Å². The van der Waals surface area contributed by atoms with Crippen LogP contribution in [0, 0.1) is 10.8 Å². The van der Waals surface area contributed by atoms with Crippen LogP contribution < -0.4 is 10.6 Å². The molecular weight excluding hydrogens is 300 g/mol. The molecule has 1 aromatic carbocycles. The van der Waals surface area contributed by atoms with Gasteiger partial charge in [0.2, 0.25) is 5.91 Å². The van der Waals surface area contributed by atoms with E-state index < -0.39 is 0 Å². The Morgan fingerprint density at radius 2 is 2.14 bits per heavy atom. The number of carbonyl (C=O) groups excluding carboxylic acids is 1. The standard InChI is InChI=1S/C15H16N4O2S/c16-14(20)10-4-6-19(7-5-10)15-17-13(9-22-15)11-2-1-3-12(8-11)18-21/h1-3,8-10H,4-7H2,(H2,16,20). The average molecular weight is 316 g/mol. The number of thiazole rings is 1. The Hall–Kier alpha value is -2.28. The number of carbonyl (C=O) groups is 1. The van der Waals surface area contributed by atoms with Crippen LogP contribution in [-0.4, -0.2) is 24.0 Å². The van der Waals surface area contributed by atoms with Gasteiger partial charge in [-0.1, -0.05) is 12.1 Å². The number of piperidine rings is 1. The molecule has 1 aromatic heterocycles. The number of nitrogens with two attached hydrogens (primary N) is 1. The molecule has 1 saturated heterocycles. The fraction of sp³-hybridized carbons (Fsp3) is 0.333. The zero-order chi connectivity index (χ0) is 15.5. The molecule has 0 radical (unpaired) electrons. The van der Waals surface area contributed by atoms with Gasteiger partial charge in [0.25, 0.3) is 0 Å². The van der Waals surface area contributed by atoms with Gasteiger partial charge in [-0.3, -0.25) is 4.79 Å². The highest BCUT2D eigenvalue weighted by Gasteiger charge is 2.24. The zero-order valence-electron chi connectivity index (χ0n) is 11.9. The number of hydrogen-bond acceptors (Lipinski definition) is 6. The van der Waals surface area contributed by atoms with Gasteiger partial charge in [0.05, 0.1) is 5.69 Å². The lowest BCUT2D eigenvalue weighted by atomic mass is 9.97. The van der Waals surface area contributed by atoms with Crippen molar-refractivity contribution in [1.82, 2.24) is 4.98 Å². The second-order valence-electron chi connectivity index (χ2n) is 5.32. The summed E-state index contributed by atoms with van der Waals surface area (Å²) < 4.78 is 0. The minimum atomic E-state index is -0.211. The maximum absolute atomic E-state index is 11.2. The number of nitroso groups, excluding NO2 is 1. The van der Waals surface area contributed by atoms with E-state index in [1.54, 1.807) is 29.5 Å². The molecule has 0 bridgehead atoms. The summed E-state index contributed by atoms with van der Waals surface area (Å²) in [5, 5.41) is 5.85. The lowest BCUT2D eigenvalue weighted by Gasteiger charge is -2.30. The van der Waals surface area contributed by atoms with E-state index in [0.717, 1.165) is 42.3 Å². The summed E-state index contributed by atoms with van der Waals surface area (Å²) in [7, 11) is 0. The number of aromatic nitrogens is 1. The van der Waals surface area contributed by atoms with Crippen LogP contribution in [0.3, 0.4) is 0 Å². The van der Waals surface area contributed by atoms with Gasteiger partial charge in [0, 0.05) is 30.0 Å². The maximum atomic E-state index is 11.2. The summed E-state index contributed by atoms with van der Waals surface area (Å²) in [5.41, 5.74) is 7.47. The quantitative estimate of drug-likeness (QED) is 0.878. The van der Waals surface area contributed by atoms with Crippen LogP contribution in [0.4, 0.5) is 10.8 Å². The molecule has 2 heterocycles. The summed E-state index contributed by atoms with van der Waals surface area (Å²) in [6.45, 7) is 1.58. The number of hydrogen-bond donors (Lipinski definition) is 1. The molecule has 1 aliphatic rings. The Kier molecular flexibility index (Phi) is 4.15. The van der Waals surface area contributed by atoms with E-state index in [4.69, 9.17) is 5.73 Å². The summed E-state index contributed by atoms with van der Waals surface area (Å²) in [5.74, 6) is -0.233. The fourth-order valence-electron chi connectivity index (χ4n) is 2.62. The van der Waals surface area contributed by atoms with Gasteiger partial charge in [-0.15, -0.1) is 16.2 Å². The van der Waals surface area contributed by atoms with Crippen molar-refractivity contribution in [1.29, 1.82) is 0 Å². The minimum Gasteiger partial charge on any atom is -0.369 e. The van der Waals surface area contributed by atoms with Crippen molar-refractivity contribution in [3.63, 3.8) is 0 Å². The highest BCUT2D eigenvalue weighted by molar-refractivity contribution is 7.14. The lowest BCUT2D eigenvalue weighted by Crippen LogP contribution is -2.38. The largest absolute Gasteiger partial charge is 0.369 e. The third-order valence-corrected chi connectivity index (χ3v) is 4.81. The van der Waals surface area contributed by atoms with Gasteiger partial charge in [-0.05, 0) is 30.2 Å². The average Bonchev–Trinajstić information content (AvgIpc) is 3.05. The molecule has 0 unspecified atom stereocenters. The normalized spacial score (nSPS) is 15.7.